The molecule has 114 valence electrons. The number of aromatic carboxylic acids is 1. The number of carboxylic acids is 1. The van der Waals surface area contributed by atoms with Crippen molar-refractivity contribution in [2.24, 2.45) is 5.41 Å². The fraction of sp³-hybridized carbons (Fsp3) is 0.333. The predicted molar refractivity (Wildman–Crippen MR) is 80.9 cm³/mol. The maximum absolute atomic E-state index is 12.6. The minimum Gasteiger partial charge on any atom is -0.476 e. The van der Waals surface area contributed by atoms with Gasteiger partial charge in [0.1, 0.15) is 5.69 Å². The molecular weight excluding hydrogens is 302 g/mol. The van der Waals surface area contributed by atoms with Gasteiger partial charge in [0.2, 0.25) is 0 Å². The lowest BCUT2D eigenvalue weighted by molar-refractivity contribution is -0.0309. The zero-order valence-electron chi connectivity index (χ0n) is 12.2. The van der Waals surface area contributed by atoms with Crippen LogP contribution in [0.2, 0.25) is 0 Å². The molecule has 22 heavy (non-hydrogen) atoms. The van der Waals surface area contributed by atoms with Gasteiger partial charge in [-0.1, -0.05) is 19.9 Å². The van der Waals surface area contributed by atoms with Crippen molar-refractivity contribution in [2.45, 2.75) is 19.9 Å². The van der Waals surface area contributed by atoms with Crippen molar-refractivity contribution < 1.29 is 14.7 Å². The van der Waals surface area contributed by atoms with E-state index in [2.05, 4.69) is 23.8 Å². The molecule has 1 unspecified atom stereocenters. The van der Waals surface area contributed by atoms with Crippen LogP contribution in [0.25, 0.3) is 0 Å². The highest BCUT2D eigenvalue weighted by Gasteiger charge is 2.49. The number of amides is 1. The van der Waals surface area contributed by atoms with Crippen molar-refractivity contribution >= 4 is 23.2 Å². The minimum absolute atomic E-state index is 0.00888. The Labute approximate surface area is 131 Å². The second-order valence-corrected chi connectivity index (χ2v) is 6.91. The van der Waals surface area contributed by atoms with Crippen LogP contribution < -0.4 is 0 Å². The first-order valence-electron chi connectivity index (χ1n) is 6.80. The van der Waals surface area contributed by atoms with E-state index in [0.29, 0.717) is 6.54 Å². The Balaban J connectivity index is 1.84. The van der Waals surface area contributed by atoms with Crippen LogP contribution in [0.4, 0.5) is 0 Å². The number of carbonyl (C=O) groups is 2. The van der Waals surface area contributed by atoms with E-state index in [0.717, 1.165) is 11.1 Å². The molecule has 3 rings (SSSR count). The van der Waals surface area contributed by atoms with E-state index in [-0.39, 0.29) is 28.8 Å². The Morgan fingerprint density at radius 2 is 2.00 bits per heavy atom. The van der Waals surface area contributed by atoms with Crippen LogP contribution in [-0.2, 0) is 0 Å². The van der Waals surface area contributed by atoms with Crippen molar-refractivity contribution in [2.75, 3.05) is 6.54 Å². The van der Waals surface area contributed by atoms with Crippen molar-refractivity contribution in [1.82, 2.24) is 14.9 Å². The van der Waals surface area contributed by atoms with Crippen LogP contribution in [0.5, 0.6) is 0 Å². The van der Waals surface area contributed by atoms with E-state index in [1.54, 1.807) is 16.2 Å². The number of likely N-dealkylation sites (tertiary alicyclic amines) is 1. The Kier molecular flexibility index (Phi) is 3.44. The molecule has 1 fully saturated rings. The summed E-state index contributed by atoms with van der Waals surface area (Å²) in [5, 5.41) is 10.8. The Bertz CT molecular complexity index is 710. The number of nitrogens with zero attached hydrogens (tertiary/aromatic N) is 3. The maximum atomic E-state index is 12.6. The number of hydrogen-bond acceptors (Lipinski definition) is 5. The molecule has 1 aliphatic heterocycles. The molecule has 0 aromatic carbocycles. The van der Waals surface area contributed by atoms with E-state index >= 15 is 0 Å². The van der Waals surface area contributed by atoms with E-state index < -0.39 is 5.97 Å². The molecule has 1 saturated heterocycles. The van der Waals surface area contributed by atoms with Gasteiger partial charge in [-0.15, -0.1) is 11.3 Å². The summed E-state index contributed by atoms with van der Waals surface area (Å²) >= 11 is 1.62. The molecule has 1 amide bonds. The summed E-state index contributed by atoms with van der Waals surface area (Å²) in [6.45, 7) is 4.89. The minimum atomic E-state index is -1.16. The molecule has 0 aliphatic carbocycles. The second-order valence-electron chi connectivity index (χ2n) is 5.93. The molecule has 1 N–H and O–H groups in total. The summed E-state index contributed by atoms with van der Waals surface area (Å²) in [5.74, 6) is -1.38. The van der Waals surface area contributed by atoms with Gasteiger partial charge in [-0.2, -0.15) is 0 Å². The second kappa shape index (κ2) is 5.17. The highest BCUT2D eigenvalue weighted by atomic mass is 32.1. The molecule has 0 bridgehead atoms. The largest absolute Gasteiger partial charge is 0.476 e. The van der Waals surface area contributed by atoms with Gasteiger partial charge >= 0.3 is 5.97 Å². The average Bonchev–Trinajstić information content (AvgIpc) is 2.97. The zero-order valence-corrected chi connectivity index (χ0v) is 13.0. The van der Waals surface area contributed by atoms with Gasteiger partial charge in [0.05, 0.1) is 18.4 Å². The van der Waals surface area contributed by atoms with Crippen LogP contribution in [0.15, 0.2) is 29.9 Å². The van der Waals surface area contributed by atoms with Gasteiger partial charge in [-0.25, -0.2) is 14.8 Å². The summed E-state index contributed by atoms with van der Waals surface area (Å²) in [6, 6.07) is 4.01. The van der Waals surface area contributed by atoms with Gasteiger partial charge in [0.25, 0.3) is 5.91 Å². The quantitative estimate of drug-likeness (QED) is 0.940. The normalized spacial score (nSPS) is 19.5. The number of carbonyl (C=O) groups excluding carboxylic acids is 1. The molecule has 1 aliphatic rings. The molecule has 2 aromatic heterocycles. The number of thiophene rings is 1. The average molecular weight is 317 g/mol. The third-order valence-electron chi connectivity index (χ3n) is 3.79. The Hall–Kier alpha value is -2.28. The number of hydrogen-bond donors (Lipinski definition) is 1. The Morgan fingerprint density at radius 3 is 2.50 bits per heavy atom. The molecule has 0 saturated carbocycles. The highest BCUT2D eigenvalue weighted by molar-refractivity contribution is 7.10. The molecule has 7 heteroatoms. The van der Waals surface area contributed by atoms with E-state index in [1.807, 2.05) is 17.5 Å². The smallest absolute Gasteiger partial charge is 0.356 e. The van der Waals surface area contributed by atoms with Gasteiger partial charge in [0, 0.05) is 16.8 Å². The van der Waals surface area contributed by atoms with Crippen LogP contribution >= 0.6 is 11.3 Å². The van der Waals surface area contributed by atoms with Crippen molar-refractivity contribution in [1.29, 1.82) is 0 Å². The lowest BCUT2D eigenvalue weighted by Gasteiger charge is -2.53. The van der Waals surface area contributed by atoms with Gasteiger partial charge in [-0.3, -0.25) is 4.79 Å². The number of carboxylic acid groups (broad SMARTS) is 1. The van der Waals surface area contributed by atoms with Crippen molar-refractivity contribution in [3.05, 3.63) is 46.2 Å². The first-order valence-corrected chi connectivity index (χ1v) is 7.68. The maximum Gasteiger partial charge on any atom is 0.356 e. The molecule has 0 spiro atoms. The first-order chi connectivity index (χ1) is 10.4. The Morgan fingerprint density at radius 1 is 1.32 bits per heavy atom. The summed E-state index contributed by atoms with van der Waals surface area (Å²) in [6.07, 6.45) is 2.34. The van der Waals surface area contributed by atoms with Crippen LogP contribution in [0.1, 0.15) is 45.7 Å². The molecule has 1 atom stereocenters. The van der Waals surface area contributed by atoms with Crippen LogP contribution in [-0.4, -0.2) is 38.4 Å². The fourth-order valence-electron chi connectivity index (χ4n) is 2.80. The number of rotatable bonds is 3. The number of aromatic nitrogens is 2. The zero-order chi connectivity index (χ0) is 15.9. The third kappa shape index (κ3) is 2.37. The molecule has 0 radical (unpaired) electrons. The van der Waals surface area contributed by atoms with Crippen molar-refractivity contribution in [3.63, 3.8) is 0 Å². The molecule has 3 heterocycles. The van der Waals surface area contributed by atoms with Crippen LogP contribution in [0, 0.1) is 5.41 Å². The fourth-order valence-corrected chi connectivity index (χ4v) is 3.84. The first kappa shape index (κ1) is 14.6. The molecule has 2 aromatic rings. The summed E-state index contributed by atoms with van der Waals surface area (Å²) in [5.41, 5.74) is 0.00642. The van der Waals surface area contributed by atoms with Gasteiger partial charge in [0.15, 0.2) is 5.69 Å². The predicted octanol–water partition coefficient (Wildman–Crippen LogP) is 2.46. The van der Waals surface area contributed by atoms with Crippen LogP contribution in [0.3, 0.4) is 0 Å². The lowest BCUT2D eigenvalue weighted by Crippen LogP contribution is -2.57. The summed E-state index contributed by atoms with van der Waals surface area (Å²) in [4.78, 5) is 34.0. The summed E-state index contributed by atoms with van der Waals surface area (Å²) < 4.78 is 0. The standard InChI is InChI=1S/C15H15N3O3S/c1-15(2)8-18(12(15)11-4-3-5-22-11)13(19)9-6-17-10(7-16-9)14(20)21/h3-7,12H,8H2,1-2H3,(H,20,21). The summed E-state index contributed by atoms with van der Waals surface area (Å²) in [7, 11) is 0. The van der Waals surface area contributed by atoms with Gasteiger partial charge in [-0.05, 0) is 11.4 Å². The highest BCUT2D eigenvalue weighted by Crippen LogP contribution is 2.49. The molecular formula is C15H15N3O3S. The lowest BCUT2D eigenvalue weighted by atomic mass is 9.74. The monoisotopic (exact) mass is 317 g/mol. The third-order valence-corrected chi connectivity index (χ3v) is 4.72. The van der Waals surface area contributed by atoms with E-state index in [4.69, 9.17) is 5.11 Å². The van der Waals surface area contributed by atoms with Gasteiger partial charge < -0.3 is 10.0 Å². The topological polar surface area (TPSA) is 83.4 Å². The SMILES string of the molecule is CC1(C)CN(C(=O)c2cnc(C(=O)O)cn2)C1c1cccs1. The van der Waals surface area contributed by atoms with E-state index in [1.165, 1.54) is 6.20 Å². The molecule has 6 nitrogen and oxygen atoms in total. The van der Waals surface area contributed by atoms with Crippen molar-refractivity contribution in [3.8, 4) is 0 Å². The van der Waals surface area contributed by atoms with E-state index in [9.17, 15) is 9.59 Å².